The van der Waals surface area contributed by atoms with E-state index in [9.17, 15) is 0 Å². The molecule has 0 radical (unpaired) electrons. The Morgan fingerprint density at radius 3 is 0.561 bits per heavy atom. The largest absolute Gasteiger partial charge is 0.325 e. The zero-order valence-electron chi connectivity index (χ0n) is 29.5. The van der Waals surface area contributed by atoms with Crippen LogP contribution < -0.4 is 5.73 Å². The number of hydrogen-bond acceptors (Lipinski definition) is 1. The van der Waals surface area contributed by atoms with Gasteiger partial charge in [-0.1, -0.05) is 233 Å². The Labute approximate surface area is 262 Å². The molecule has 0 unspecified atom stereocenters. The van der Waals surface area contributed by atoms with Gasteiger partial charge in [-0.3, -0.25) is 0 Å². The summed E-state index contributed by atoms with van der Waals surface area (Å²) in [6.07, 6.45) is 51.0. The van der Waals surface area contributed by atoms with Crippen LogP contribution in [0.3, 0.4) is 0 Å². The molecule has 1 heteroatoms. The zero-order valence-corrected chi connectivity index (χ0v) is 29.5. The number of nitrogens with two attached hydrogens (primary N) is 1. The summed E-state index contributed by atoms with van der Waals surface area (Å²) in [5.41, 5.74) is 7.28. The first-order valence-electron chi connectivity index (χ1n) is 20.0. The van der Waals surface area contributed by atoms with E-state index < -0.39 is 0 Å². The van der Waals surface area contributed by atoms with Crippen molar-refractivity contribution >= 4 is 0 Å². The maximum Gasteiger partial charge on any atom is 0.0154 e. The molecule has 0 aromatic heterocycles. The first-order valence-corrected chi connectivity index (χ1v) is 20.0. The van der Waals surface area contributed by atoms with Crippen molar-refractivity contribution in [1.29, 1.82) is 0 Å². The summed E-state index contributed by atoms with van der Waals surface area (Å²) in [4.78, 5) is 0. The number of hydrogen-bond donors (Lipinski definition) is 1. The first-order chi connectivity index (χ1) is 20.2. The van der Waals surface area contributed by atoms with Crippen LogP contribution in [0.4, 0.5) is 0 Å². The smallest absolute Gasteiger partial charge is 0.0154 e. The maximum absolute atomic E-state index is 7.16. The normalized spacial score (nSPS) is 12.0. The van der Waals surface area contributed by atoms with Crippen LogP contribution in [-0.4, -0.2) is 5.54 Å². The van der Waals surface area contributed by atoms with Crippen molar-refractivity contribution in [2.24, 2.45) is 5.73 Å². The molecule has 0 spiro atoms. The highest BCUT2D eigenvalue weighted by Gasteiger charge is 2.23. The van der Waals surface area contributed by atoms with E-state index in [0.29, 0.717) is 0 Å². The zero-order chi connectivity index (χ0) is 30.0. The maximum atomic E-state index is 7.16. The van der Waals surface area contributed by atoms with Crippen LogP contribution in [0.5, 0.6) is 0 Å². The minimum Gasteiger partial charge on any atom is -0.325 e. The molecular formula is C40H83N. The topological polar surface area (TPSA) is 26.0 Å². The second-order valence-electron chi connectivity index (χ2n) is 14.2. The average molecular weight is 578 g/mol. The molecular weight excluding hydrogens is 494 g/mol. The average Bonchev–Trinajstić information content (AvgIpc) is 2.97. The summed E-state index contributed by atoms with van der Waals surface area (Å²) in [5.74, 6) is 0. The van der Waals surface area contributed by atoms with E-state index in [-0.39, 0.29) is 5.54 Å². The van der Waals surface area contributed by atoms with Gasteiger partial charge in [0.25, 0.3) is 0 Å². The highest BCUT2D eigenvalue weighted by atomic mass is 14.7. The molecule has 0 fully saturated rings. The molecule has 1 nitrogen and oxygen atoms in total. The van der Waals surface area contributed by atoms with Gasteiger partial charge in [0.05, 0.1) is 0 Å². The molecule has 0 saturated heterocycles. The van der Waals surface area contributed by atoms with Crippen LogP contribution in [-0.2, 0) is 0 Å². The lowest BCUT2D eigenvalue weighted by molar-refractivity contribution is 0.302. The molecule has 0 saturated carbocycles. The fourth-order valence-electron chi connectivity index (χ4n) is 6.80. The Hall–Kier alpha value is -0.0400. The fraction of sp³-hybridized carbons (Fsp3) is 1.00. The van der Waals surface area contributed by atoms with Crippen LogP contribution in [0, 0.1) is 0 Å². The predicted molar refractivity (Wildman–Crippen MR) is 190 cm³/mol. The third-order valence-corrected chi connectivity index (χ3v) is 9.83. The lowest BCUT2D eigenvalue weighted by atomic mass is 9.82. The molecule has 248 valence electrons. The van der Waals surface area contributed by atoms with Gasteiger partial charge in [-0.15, -0.1) is 0 Å². The molecule has 0 amide bonds. The van der Waals surface area contributed by atoms with Gasteiger partial charge in [-0.25, -0.2) is 0 Å². The van der Waals surface area contributed by atoms with Gasteiger partial charge in [-0.2, -0.15) is 0 Å². The third-order valence-electron chi connectivity index (χ3n) is 9.83. The van der Waals surface area contributed by atoms with Gasteiger partial charge in [0, 0.05) is 5.54 Å². The lowest BCUT2D eigenvalue weighted by Gasteiger charge is -2.30. The quantitative estimate of drug-likeness (QED) is 0.0736. The summed E-state index contributed by atoms with van der Waals surface area (Å²) in [5, 5.41) is 0. The van der Waals surface area contributed by atoms with E-state index in [2.05, 4.69) is 20.8 Å². The van der Waals surface area contributed by atoms with Gasteiger partial charge in [0.2, 0.25) is 0 Å². The molecule has 0 rings (SSSR count). The van der Waals surface area contributed by atoms with Crippen LogP contribution in [0.2, 0.25) is 0 Å². The molecule has 0 aliphatic rings. The first kappa shape index (κ1) is 41.0. The van der Waals surface area contributed by atoms with Gasteiger partial charge >= 0.3 is 0 Å². The minimum absolute atomic E-state index is 0.123. The Morgan fingerprint density at radius 1 is 0.244 bits per heavy atom. The van der Waals surface area contributed by atoms with E-state index in [1.165, 1.54) is 231 Å². The van der Waals surface area contributed by atoms with E-state index in [4.69, 9.17) is 5.73 Å². The molecule has 0 atom stereocenters. The van der Waals surface area contributed by atoms with Crippen LogP contribution in [0.1, 0.15) is 252 Å². The Balaban J connectivity index is 4.06. The van der Waals surface area contributed by atoms with Crippen molar-refractivity contribution in [2.45, 2.75) is 257 Å². The number of rotatable bonds is 36. The molecule has 0 aromatic rings. The third kappa shape index (κ3) is 32.7. The molecule has 2 N–H and O–H groups in total. The summed E-state index contributed by atoms with van der Waals surface area (Å²) < 4.78 is 0. The summed E-state index contributed by atoms with van der Waals surface area (Å²) in [6.45, 7) is 6.93. The van der Waals surface area contributed by atoms with Crippen molar-refractivity contribution in [1.82, 2.24) is 0 Å². The molecule has 0 aliphatic heterocycles. The molecule has 0 aliphatic carbocycles. The van der Waals surface area contributed by atoms with Crippen LogP contribution in [0.25, 0.3) is 0 Å². The second-order valence-corrected chi connectivity index (χ2v) is 14.2. The standard InChI is InChI=1S/C40H83N/c1-4-7-10-13-16-19-22-25-28-31-34-37-40(41,38-35-32-29-26-23-20-17-14-11-8-5-2)39-36-33-30-27-24-21-18-15-12-9-6-3/h4-39,41H2,1-3H3. The molecule has 0 bridgehead atoms. The highest BCUT2D eigenvalue weighted by molar-refractivity contribution is 4.84. The minimum atomic E-state index is 0.123. The Bertz CT molecular complexity index is 393. The molecule has 0 heterocycles. The van der Waals surface area contributed by atoms with Crippen molar-refractivity contribution in [3.05, 3.63) is 0 Å². The van der Waals surface area contributed by atoms with Crippen LogP contribution >= 0.6 is 0 Å². The highest BCUT2D eigenvalue weighted by Crippen LogP contribution is 2.27. The lowest BCUT2D eigenvalue weighted by Crippen LogP contribution is -2.39. The molecule has 41 heavy (non-hydrogen) atoms. The SMILES string of the molecule is CCCCCCCCCCCCCC(N)(CCCCCCCCCCCCC)CCCCCCCCCCCCC. The Kier molecular flexibility index (Phi) is 34.4. The summed E-state index contributed by atoms with van der Waals surface area (Å²) in [6, 6.07) is 0. The molecule has 0 aromatic carbocycles. The van der Waals surface area contributed by atoms with Gasteiger partial charge in [0.1, 0.15) is 0 Å². The second kappa shape index (κ2) is 34.5. The summed E-state index contributed by atoms with van der Waals surface area (Å²) >= 11 is 0. The van der Waals surface area contributed by atoms with Gasteiger partial charge in [-0.05, 0) is 19.3 Å². The van der Waals surface area contributed by atoms with E-state index >= 15 is 0 Å². The van der Waals surface area contributed by atoms with Gasteiger partial charge < -0.3 is 5.73 Å². The Morgan fingerprint density at radius 2 is 0.390 bits per heavy atom. The summed E-state index contributed by atoms with van der Waals surface area (Å²) in [7, 11) is 0. The van der Waals surface area contributed by atoms with E-state index in [1.807, 2.05) is 0 Å². The van der Waals surface area contributed by atoms with Crippen molar-refractivity contribution in [3.8, 4) is 0 Å². The predicted octanol–water partition coefficient (Wildman–Crippen LogP) is 14.8. The number of unbranched alkanes of at least 4 members (excludes halogenated alkanes) is 30. The monoisotopic (exact) mass is 578 g/mol. The van der Waals surface area contributed by atoms with Crippen molar-refractivity contribution in [2.75, 3.05) is 0 Å². The van der Waals surface area contributed by atoms with E-state index in [1.54, 1.807) is 0 Å². The van der Waals surface area contributed by atoms with Gasteiger partial charge in [0.15, 0.2) is 0 Å². The van der Waals surface area contributed by atoms with Crippen molar-refractivity contribution < 1.29 is 0 Å². The fourth-order valence-corrected chi connectivity index (χ4v) is 6.80. The van der Waals surface area contributed by atoms with Crippen molar-refractivity contribution in [3.63, 3.8) is 0 Å². The van der Waals surface area contributed by atoms with E-state index in [0.717, 1.165) is 0 Å². The van der Waals surface area contributed by atoms with Crippen LogP contribution in [0.15, 0.2) is 0 Å².